The molecule has 0 aliphatic heterocycles. The maximum Gasteiger partial charge on any atom is 0.327 e. The highest BCUT2D eigenvalue weighted by molar-refractivity contribution is 6.30. The van der Waals surface area contributed by atoms with Gasteiger partial charge in [-0.2, -0.15) is 19.6 Å². The van der Waals surface area contributed by atoms with Crippen LogP contribution in [0.3, 0.4) is 0 Å². The molecule has 1 aromatic carbocycles. The Morgan fingerprint density at radius 2 is 2.03 bits per heavy atom. The van der Waals surface area contributed by atoms with Crippen LogP contribution in [-0.4, -0.2) is 40.7 Å². The van der Waals surface area contributed by atoms with Crippen LogP contribution in [0.4, 0.5) is 0 Å². The molecule has 10 nitrogen and oxygen atoms in total. The first-order valence-electron chi connectivity index (χ1n) is 8.81. The van der Waals surface area contributed by atoms with Crippen LogP contribution in [0, 0.1) is 0 Å². The highest BCUT2D eigenvalue weighted by atomic mass is 35.5. The van der Waals surface area contributed by atoms with E-state index in [1.54, 1.807) is 36.5 Å². The Bertz CT molecular complexity index is 1380. The van der Waals surface area contributed by atoms with Gasteiger partial charge in [0.25, 0.3) is 5.62 Å². The van der Waals surface area contributed by atoms with E-state index in [-0.39, 0.29) is 23.6 Å². The van der Waals surface area contributed by atoms with E-state index < -0.39 is 5.69 Å². The third-order valence-corrected chi connectivity index (χ3v) is 4.51. The number of nitrogens with zero attached hydrogens (tertiary/aromatic N) is 5. The van der Waals surface area contributed by atoms with Crippen LogP contribution in [0.2, 0.25) is 5.02 Å². The molecule has 1 saturated carbocycles. The van der Waals surface area contributed by atoms with Crippen LogP contribution < -0.4 is 21.3 Å². The second-order valence-electron chi connectivity index (χ2n) is 6.54. The first kappa shape index (κ1) is 17.4. The Labute approximate surface area is 167 Å². The number of nitrogens with one attached hydrogen (secondary N) is 2. The number of fused-ring (bicyclic) bond motifs is 1. The van der Waals surface area contributed by atoms with Gasteiger partial charge in [0, 0.05) is 10.2 Å². The number of hydrogen-bond acceptors (Lipinski definition) is 7. The van der Waals surface area contributed by atoms with Crippen molar-refractivity contribution in [3.63, 3.8) is 0 Å². The fourth-order valence-electron chi connectivity index (χ4n) is 2.71. The van der Waals surface area contributed by atoms with E-state index >= 15 is 0 Å². The van der Waals surface area contributed by atoms with Gasteiger partial charge in [0.05, 0.1) is 12.2 Å². The Morgan fingerprint density at radius 3 is 2.72 bits per heavy atom. The predicted molar refractivity (Wildman–Crippen MR) is 103 cm³/mol. The summed E-state index contributed by atoms with van der Waals surface area (Å²) in [6.07, 6.45) is 5.09. The molecule has 146 valence electrons. The summed E-state index contributed by atoms with van der Waals surface area (Å²) in [5.41, 5.74) is 0.484. The summed E-state index contributed by atoms with van der Waals surface area (Å²) < 4.78 is 7.28. The van der Waals surface area contributed by atoms with Gasteiger partial charge >= 0.3 is 11.7 Å². The smallest absolute Gasteiger partial charge is 0.327 e. The summed E-state index contributed by atoms with van der Waals surface area (Å²) in [4.78, 5) is 29.5. The van der Waals surface area contributed by atoms with Crippen molar-refractivity contribution < 1.29 is 9.84 Å². The summed E-state index contributed by atoms with van der Waals surface area (Å²) in [5.74, 6) is 0.248. The number of aromatic amines is 2. The molecule has 0 bridgehead atoms. The predicted octanol–water partition coefficient (Wildman–Crippen LogP) is 0.903. The molecule has 3 N–H and O–H groups in total. The highest BCUT2D eigenvalue weighted by Crippen LogP contribution is 2.23. The molecule has 3 heterocycles. The summed E-state index contributed by atoms with van der Waals surface area (Å²) >= 11 is 5.91. The Morgan fingerprint density at radius 1 is 1.24 bits per heavy atom. The van der Waals surface area contributed by atoms with Crippen molar-refractivity contribution in [3.05, 3.63) is 62.5 Å². The Hall–Kier alpha value is -3.66. The van der Waals surface area contributed by atoms with E-state index in [1.807, 2.05) is 0 Å². The van der Waals surface area contributed by atoms with Gasteiger partial charge in [-0.25, -0.2) is 9.79 Å². The molecule has 4 aromatic rings. The van der Waals surface area contributed by atoms with Gasteiger partial charge in [0.2, 0.25) is 5.88 Å². The first-order chi connectivity index (χ1) is 14.0. The lowest BCUT2D eigenvalue weighted by molar-refractivity contribution is 0.435. The van der Waals surface area contributed by atoms with Crippen LogP contribution >= 0.6 is 11.6 Å². The monoisotopic (exact) mass is 411 g/mol. The number of aromatic nitrogens is 6. The zero-order chi connectivity index (χ0) is 20.0. The van der Waals surface area contributed by atoms with Gasteiger partial charge in [0.15, 0.2) is 5.65 Å². The van der Waals surface area contributed by atoms with Crippen LogP contribution in [0.25, 0.3) is 11.7 Å². The fourth-order valence-corrected chi connectivity index (χ4v) is 2.84. The van der Waals surface area contributed by atoms with Crippen molar-refractivity contribution in [3.8, 4) is 17.6 Å². The number of ether oxygens (including phenoxy) is 1. The SMILES string of the molecule is O=c1[nH]c(O)c(C=c2cnn3c(=NC4CC4)nc(Oc4ccc(Cl)cc4)nc23)[nH]1. The number of H-pyrrole nitrogens is 2. The van der Waals surface area contributed by atoms with Crippen LogP contribution in [0.1, 0.15) is 18.5 Å². The van der Waals surface area contributed by atoms with Crippen molar-refractivity contribution in [1.82, 2.24) is 29.5 Å². The number of benzene rings is 1. The van der Waals surface area contributed by atoms with Gasteiger partial charge in [0.1, 0.15) is 11.4 Å². The third kappa shape index (κ3) is 3.57. The number of hydrogen-bond donors (Lipinski definition) is 3. The van der Waals surface area contributed by atoms with Crippen LogP contribution in [-0.2, 0) is 0 Å². The molecule has 0 amide bonds. The molecule has 0 spiro atoms. The van der Waals surface area contributed by atoms with E-state index in [1.165, 1.54) is 4.52 Å². The minimum absolute atomic E-state index is 0.0983. The largest absolute Gasteiger partial charge is 0.493 e. The lowest BCUT2D eigenvalue weighted by atomic mass is 10.3. The molecular formula is C18H14ClN7O3. The standard InChI is InChI=1S/C18H14ClN7O3/c19-10-1-5-12(6-2-10)29-18-23-14-9(7-13-15(27)24-17(28)22-13)8-20-26(14)16(25-18)21-11-3-4-11/h1-2,5-8,11,27H,3-4H2,(H2,22,24,28). The van der Waals surface area contributed by atoms with Gasteiger partial charge in [-0.15, -0.1) is 0 Å². The highest BCUT2D eigenvalue weighted by Gasteiger charge is 2.21. The molecule has 11 heteroatoms. The fraction of sp³-hybridized carbons (Fsp3) is 0.167. The van der Waals surface area contributed by atoms with E-state index in [4.69, 9.17) is 16.3 Å². The average molecular weight is 412 g/mol. The Balaban J connectivity index is 1.67. The zero-order valence-corrected chi connectivity index (χ0v) is 15.6. The minimum Gasteiger partial charge on any atom is -0.493 e. The lowest BCUT2D eigenvalue weighted by Gasteiger charge is -2.04. The van der Waals surface area contributed by atoms with Crippen LogP contribution in [0.5, 0.6) is 17.6 Å². The Kier molecular flexibility index (Phi) is 4.06. The molecule has 29 heavy (non-hydrogen) atoms. The van der Waals surface area contributed by atoms with Gasteiger partial charge < -0.3 is 14.8 Å². The lowest BCUT2D eigenvalue weighted by Crippen LogP contribution is -2.23. The molecule has 1 aliphatic carbocycles. The van der Waals surface area contributed by atoms with Gasteiger partial charge in [-0.1, -0.05) is 11.6 Å². The van der Waals surface area contributed by atoms with E-state index in [0.29, 0.717) is 27.3 Å². The third-order valence-electron chi connectivity index (χ3n) is 4.26. The summed E-state index contributed by atoms with van der Waals surface area (Å²) in [6, 6.07) is 7.13. The molecule has 0 saturated heterocycles. The van der Waals surface area contributed by atoms with Crippen molar-refractivity contribution in [1.29, 1.82) is 0 Å². The van der Waals surface area contributed by atoms with E-state index in [9.17, 15) is 9.90 Å². The van der Waals surface area contributed by atoms with E-state index in [0.717, 1.165) is 12.8 Å². The second kappa shape index (κ2) is 6.74. The maximum absolute atomic E-state index is 11.4. The molecule has 3 aromatic heterocycles. The first-order valence-corrected chi connectivity index (χ1v) is 9.19. The summed E-state index contributed by atoms with van der Waals surface area (Å²) in [5, 5.41) is 15.3. The molecule has 0 radical (unpaired) electrons. The van der Waals surface area contributed by atoms with E-state index in [2.05, 4.69) is 30.0 Å². The zero-order valence-electron chi connectivity index (χ0n) is 14.8. The summed E-state index contributed by atoms with van der Waals surface area (Å²) in [6.45, 7) is 0. The van der Waals surface area contributed by atoms with Crippen molar-refractivity contribution in [2.45, 2.75) is 18.9 Å². The normalized spacial score (nSPS) is 15.3. The number of aromatic hydroxyl groups is 1. The van der Waals surface area contributed by atoms with Crippen LogP contribution in [0.15, 0.2) is 40.2 Å². The molecule has 5 rings (SSSR count). The second-order valence-corrected chi connectivity index (χ2v) is 6.98. The van der Waals surface area contributed by atoms with Crippen molar-refractivity contribution in [2.24, 2.45) is 4.99 Å². The summed E-state index contributed by atoms with van der Waals surface area (Å²) in [7, 11) is 0. The number of imidazole rings is 1. The molecular weight excluding hydrogens is 398 g/mol. The molecule has 0 atom stereocenters. The molecule has 1 aliphatic rings. The maximum atomic E-state index is 11.4. The molecule has 0 unspecified atom stereocenters. The molecule has 1 fully saturated rings. The van der Waals surface area contributed by atoms with Gasteiger partial charge in [-0.05, 0) is 43.2 Å². The quantitative estimate of drug-likeness (QED) is 0.457. The van der Waals surface area contributed by atoms with Crippen molar-refractivity contribution >= 4 is 23.3 Å². The number of rotatable bonds is 4. The van der Waals surface area contributed by atoms with Crippen molar-refractivity contribution in [2.75, 3.05) is 0 Å². The number of halogens is 1. The average Bonchev–Trinajstić information content (AvgIpc) is 3.33. The van der Waals surface area contributed by atoms with Gasteiger partial charge in [-0.3, -0.25) is 4.98 Å². The topological polar surface area (TPSA) is 134 Å². The minimum atomic E-state index is -0.518.